The molecule has 0 saturated heterocycles. The van der Waals surface area contributed by atoms with E-state index in [2.05, 4.69) is 10.6 Å². The molecule has 120 valence electrons. The molecule has 22 heavy (non-hydrogen) atoms. The monoisotopic (exact) mass is 304 g/mol. The van der Waals surface area contributed by atoms with Crippen molar-refractivity contribution in [2.24, 2.45) is 0 Å². The molecule has 0 radical (unpaired) electrons. The predicted molar refractivity (Wildman–Crippen MR) is 86.8 cm³/mol. The Morgan fingerprint density at radius 3 is 2.50 bits per heavy atom. The van der Waals surface area contributed by atoms with Crippen LogP contribution < -0.4 is 10.6 Å². The summed E-state index contributed by atoms with van der Waals surface area (Å²) in [4.78, 5) is 23.3. The molecule has 5 nitrogen and oxygen atoms in total. The molecule has 0 aliphatic heterocycles. The standard InChI is InChI=1S/C17H24N2O3/c1-12-6-7-14(10-15(12)18-13(2)20)19-16(21)11-17(22)8-4-3-5-9-17/h6-7,10,22H,3-5,8-9,11H2,1-2H3,(H,18,20)(H,19,21). The number of aliphatic hydroxyl groups is 1. The highest BCUT2D eigenvalue weighted by atomic mass is 16.3. The van der Waals surface area contributed by atoms with Crippen molar-refractivity contribution in [1.82, 2.24) is 0 Å². The van der Waals surface area contributed by atoms with Gasteiger partial charge in [0.15, 0.2) is 0 Å². The Kier molecular flexibility index (Phi) is 5.19. The van der Waals surface area contributed by atoms with Gasteiger partial charge in [-0.25, -0.2) is 0 Å². The third-order valence-electron chi connectivity index (χ3n) is 4.11. The van der Waals surface area contributed by atoms with Gasteiger partial charge in [-0.05, 0) is 37.5 Å². The minimum absolute atomic E-state index is 0.121. The lowest BCUT2D eigenvalue weighted by Gasteiger charge is -2.31. The van der Waals surface area contributed by atoms with E-state index in [-0.39, 0.29) is 18.2 Å². The minimum Gasteiger partial charge on any atom is -0.389 e. The Morgan fingerprint density at radius 2 is 1.86 bits per heavy atom. The molecule has 3 N–H and O–H groups in total. The Hall–Kier alpha value is -1.88. The molecule has 2 amide bonds. The van der Waals surface area contributed by atoms with Gasteiger partial charge in [-0.3, -0.25) is 9.59 Å². The largest absolute Gasteiger partial charge is 0.389 e. The smallest absolute Gasteiger partial charge is 0.227 e. The first kappa shape index (κ1) is 16.5. The molecule has 0 atom stereocenters. The molecule has 5 heteroatoms. The van der Waals surface area contributed by atoms with E-state index in [0.29, 0.717) is 24.2 Å². The Labute approximate surface area is 131 Å². The molecule has 2 rings (SSSR count). The van der Waals surface area contributed by atoms with Crippen LogP contribution in [0, 0.1) is 6.92 Å². The molecule has 0 unspecified atom stereocenters. The number of benzene rings is 1. The zero-order valence-corrected chi connectivity index (χ0v) is 13.2. The summed E-state index contributed by atoms with van der Waals surface area (Å²) >= 11 is 0. The average Bonchev–Trinajstić information content (AvgIpc) is 2.42. The summed E-state index contributed by atoms with van der Waals surface area (Å²) in [5.74, 6) is -0.342. The Bertz CT molecular complexity index is 563. The van der Waals surface area contributed by atoms with Crippen LogP contribution in [0.1, 0.15) is 51.0 Å². The minimum atomic E-state index is -0.868. The summed E-state index contributed by atoms with van der Waals surface area (Å²) in [7, 11) is 0. The van der Waals surface area contributed by atoms with Crippen molar-refractivity contribution in [1.29, 1.82) is 0 Å². The van der Waals surface area contributed by atoms with E-state index in [0.717, 1.165) is 24.8 Å². The highest BCUT2D eigenvalue weighted by Crippen LogP contribution is 2.31. The molecule has 0 aromatic heterocycles. The van der Waals surface area contributed by atoms with Gasteiger partial charge >= 0.3 is 0 Å². The van der Waals surface area contributed by atoms with Crippen molar-refractivity contribution in [3.8, 4) is 0 Å². The Balaban J connectivity index is 2.00. The number of hydrogen-bond donors (Lipinski definition) is 3. The quantitative estimate of drug-likeness (QED) is 0.800. The lowest BCUT2D eigenvalue weighted by molar-refractivity contribution is -0.122. The van der Waals surface area contributed by atoms with Crippen molar-refractivity contribution in [2.45, 2.75) is 58.0 Å². The summed E-state index contributed by atoms with van der Waals surface area (Å²) in [5, 5.41) is 16.0. The average molecular weight is 304 g/mol. The fourth-order valence-corrected chi connectivity index (χ4v) is 2.91. The van der Waals surface area contributed by atoms with Gasteiger partial charge in [-0.15, -0.1) is 0 Å². The van der Waals surface area contributed by atoms with E-state index in [4.69, 9.17) is 0 Å². The lowest BCUT2D eigenvalue weighted by atomic mass is 9.82. The maximum atomic E-state index is 12.1. The first-order valence-corrected chi connectivity index (χ1v) is 7.78. The second-order valence-electron chi connectivity index (χ2n) is 6.22. The molecule has 1 aliphatic carbocycles. The Morgan fingerprint density at radius 1 is 1.18 bits per heavy atom. The van der Waals surface area contributed by atoms with E-state index in [1.54, 1.807) is 12.1 Å². The summed E-state index contributed by atoms with van der Waals surface area (Å²) in [6.07, 6.45) is 4.57. The van der Waals surface area contributed by atoms with Crippen molar-refractivity contribution >= 4 is 23.2 Å². The highest BCUT2D eigenvalue weighted by Gasteiger charge is 2.31. The number of aryl methyl sites for hydroxylation is 1. The third kappa shape index (κ3) is 4.56. The number of nitrogens with one attached hydrogen (secondary N) is 2. The second kappa shape index (κ2) is 6.92. The summed E-state index contributed by atoms with van der Waals surface area (Å²) in [5.41, 5.74) is 1.37. The number of amides is 2. The summed E-state index contributed by atoms with van der Waals surface area (Å²) in [6, 6.07) is 5.37. The van der Waals surface area contributed by atoms with Crippen LogP contribution in [0.5, 0.6) is 0 Å². The maximum absolute atomic E-state index is 12.1. The van der Waals surface area contributed by atoms with Crippen LogP contribution in [-0.4, -0.2) is 22.5 Å². The van der Waals surface area contributed by atoms with Crippen LogP contribution in [0.3, 0.4) is 0 Å². The van der Waals surface area contributed by atoms with Crippen LogP contribution in [0.4, 0.5) is 11.4 Å². The third-order valence-corrected chi connectivity index (χ3v) is 4.11. The second-order valence-corrected chi connectivity index (χ2v) is 6.22. The van der Waals surface area contributed by atoms with Crippen LogP contribution in [0.15, 0.2) is 18.2 Å². The SMILES string of the molecule is CC(=O)Nc1cc(NC(=O)CC2(O)CCCCC2)ccc1C. The van der Waals surface area contributed by atoms with Gasteiger partial charge in [0.25, 0.3) is 0 Å². The summed E-state index contributed by atoms with van der Waals surface area (Å²) in [6.45, 7) is 3.34. The predicted octanol–water partition coefficient (Wildman–Crippen LogP) is 2.98. The highest BCUT2D eigenvalue weighted by molar-refractivity contribution is 5.94. The molecule has 1 aromatic rings. The molecule has 0 heterocycles. The zero-order valence-electron chi connectivity index (χ0n) is 13.2. The fraction of sp³-hybridized carbons (Fsp3) is 0.529. The first-order valence-electron chi connectivity index (χ1n) is 7.78. The van der Waals surface area contributed by atoms with Gasteiger partial charge in [0, 0.05) is 18.3 Å². The van der Waals surface area contributed by atoms with Gasteiger partial charge in [0.1, 0.15) is 0 Å². The van der Waals surface area contributed by atoms with E-state index in [9.17, 15) is 14.7 Å². The maximum Gasteiger partial charge on any atom is 0.227 e. The number of hydrogen-bond acceptors (Lipinski definition) is 3. The van der Waals surface area contributed by atoms with Crippen LogP contribution in [0.2, 0.25) is 0 Å². The number of carbonyl (C=O) groups is 2. The van der Waals surface area contributed by atoms with Crippen LogP contribution in [0.25, 0.3) is 0 Å². The van der Waals surface area contributed by atoms with E-state index in [1.165, 1.54) is 6.92 Å². The zero-order chi connectivity index (χ0) is 16.2. The van der Waals surface area contributed by atoms with Gasteiger partial charge in [0.05, 0.1) is 12.0 Å². The van der Waals surface area contributed by atoms with Gasteiger partial charge in [-0.1, -0.05) is 25.3 Å². The fourth-order valence-electron chi connectivity index (χ4n) is 2.91. The van der Waals surface area contributed by atoms with E-state index >= 15 is 0 Å². The molecular weight excluding hydrogens is 280 g/mol. The van der Waals surface area contributed by atoms with Crippen LogP contribution in [-0.2, 0) is 9.59 Å². The number of rotatable bonds is 4. The number of carbonyl (C=O) groups excluding carboxylic acids is 2. The molecule has 0 spiro atoms. The molecule has 1 saturated carbocycles. The van der Waals surface area contributed by atoms with Crippen LogP contribution >= 0.6 is 0 Å². The molecule has 1 fully saturated rings. The first-order chi connectivity index (χ1) is 10.4. The molecular formula is C17H24N2O3. The van der Waals surface area contributed by atoms with Gasteiger partial charge in [0.2, 0.25) is 11.8 Å². The topological polar surface area (TPSA) is 78.4 Å². The normalized spacial score (nSPS) is 16.9. The van der Waals surface area contributed by atoms with Crippen molar-refractivity contribution < 1.29 is 14.7 Å². The molecule has 1 aromatic carbocycles. The number of anilines is 2. The van der Waals surface area contributed by atoms with Gasteiger partial charge < -0.3 is 15.7 Å². The van der Waals surface area contributed by atoms with Crippen molar-refractivity contribution in [2.75, 3.05) is 10.6 Å². The van der Waals surface area contributed by atoms with E-state index in [1.807, 2.05) is 13.0 Å². The summed E-state index contributed by atoms with van der Waals surface area (Å²) < 4.78 is 0. The molecule has 0 bridgehead atoms. The molecule has 1 aliphatic rings. The van der Waals surface area contributed by atoms with Crippen molar-refractivity contribution in [3.05, 3.63) is 23.8 Å². The van der Waals surface area contributed by atoms with E-state index < -0.39 is 5.60 Å². The lowest BCUT2D eigenvalue weighted by Crippen LogP contribution is -2.35. The van der Waals surface area contributed by atoms with Gasteiger partial charge in [-0.2, -0.15) is 0 Å². The van der Waals surface area contributed by atoms with Crippen molar-refractivity contribution in [3.63, 3.8) is 0 Å².